The van der Waals surface area contributed by atoms with Gasteiger partial charge in [-0.05, 0) is 31.4 Å². The Morgan fingerprint density at radius 1 is 0.962 bits per heavy atom. The molecule has 1 aliphatic heterocycles. The summed E-state index contributed by atoms with van der Waals surface area (Å²) in [5.41, 5.74) is 1.79. The number of anilines is 1. The number of piperidine rings is 1. The summed E-state index contributed by atoms with van der Waals surface area (Å²) in [6.45, 7) is 1.43. The van der Waals surface area contributed by atoms with Crippen LogP contribution in [0.5, 0.6) is 0 Å². The van der Waals surface area contributed by atoms with Crippen molar-refractivity contribution in [3.8, 4) is 0 Å². The van der Waals surface area contributed by atoms with Crippen LogP contribution in [0.2, 0.25) is 0 Å². The molecule has 0 radical (unpaired) electrons. The number of hydrogen-bond donors (Lipinski definition) is 1. The Balaban J connectivity index is 1.86. The van der Waals surface area contributed by atoms with Gasteiger partial charge in [-0.3, -0.25) is 4.79 Å². The van der Waals surface area contributed by atoms with E-state index < -0.39 is 12.1 Å². The number of hydrogen-bond acceptors (Lipinski definition) is 4. The van der Waals surface area contributed by atoms with Crippen molar-refractivity contribution in [2.75, 3.05) is 25.5 Å². The number of benzene rings is 2. The second-order valence-electron chi connectivity index (χ2n) is 6.38. The molecule has 0 saturated carbocycles. The average molecular weight is 352 g/mol. The number of amides is 1. The van der Waals surface area contributed by atoms with Crippen molar-refractivity contribution >= 4 is 17.6 Å². The number of esters is 1. The van der Waals surface area contributed by atoms with Crippen LogP contribution in [-0.2, 0) is 9.53 Å². The first-order valence-corrected chi connectivity index (χ1v) is 9.02. The lowest BCUT2D eigenvalue weighted by Gasteiger charge is -2.30. The molecule has 1 atom stereocenters. The number of carbonyl (C=O) groups excluding carboxylic acids is 2. The number of carbonyl (C=O) groups is 2. The fraction of sp³-hybridized carbons (Fsp3) is 0.333. The fourth-order valence-electron chi connectivity index (χ4n) is 3.22. The Morgan fingerprint density at radius 2 is 1.62 bits per heavy atom. The zero-order valence-corrected chi connectivity index (χ0v) is 15.0. The minimum atomic E-state index is -0.924. The minimum Gasteiger partial charge on any atom is -0.444 e. The fourth-order valence-corrected chi connectivity index (χ4v) is 3.22. The second-order valence-corrected chi connectivity index (χ2v) is 6.38. The highest BCUT2D eigenvalue weighted by Crippen LogP contribution is 2.25. The van der Waals surface area contributed by atoms with E-state index in [1.807, 2.05) is 36.4 Å². The van der Waals surface area contributed by atoms with Crippen LogP contribution in [0.4, 0.5) is 5.69 Å². The Labute approximate surface area is 154 Å². The van der Waals surface area contributed by atoms with Gasteiger partial charge in [0.1, 0.15) is 0 Å². The third kappa shape index (κ3) is 4.04. The van der Waals surface area contributed by atoms with Crippen LogP contribution >= 0.6 is 0 Å². The van der Waals surface area contributed by atoms with Gasteiger partial charge in [0.15, 0.2) is 0 Å². The molecule has 1 saturated heterocycles. The lowest BCUT2D eigenvalue weighted by molar-refractivity contribution is -0.142. The molecule has 0 aliphatic carbocycles. The van der Waals surface area contributed by atoms with Gasteiger partial charge in [-0.1, -0.05) is 42.5 Å². The molecule has 2 aromatic carbocycles. The molecular weight excluding hydrogens is 328 g/mol. The maximum Gasteiger partial charge on any atom is 0.341 e. The molecule has 1 amide bonds. The van der Waals surface area contributed by atoms with Gasteiger partial charge in [0.05, 0.1) is 5.56 Å². The predicted molar refractivity (Wildman–Crippen MR) is 101 cm³/mol. The summed E-state index contributed by atoms with van der Waals surface area (Å²) in [5, 5.41) is 2.99. The Hall–Kier alpha value is -2.82. The summed E-state index contributed by atoms with van der Waals surface area (Å²) in [6, 6.07) is 16.3. The number of nitrogens with one attached hydrogen (secondary N) is 1. The first-order valence-electron chi connectivity index (χ1n) is 9.02. The molecule has 0 unspecified atom stereocenters. The van der Waals surface area contributed by atoms with Crippen LogP contribution in [0.15, 0.2) is 54.6 Å². The number of ether oxygens (including phenoxy) is 1. The molecule has 3 rings (SSSR count). The summed E-state index contributed by atoms with van der Waals surface area (Å²) >= 11 is 0. The summed E-state index contributed by atoms with van der Waals surface area (Å²) < 4.78 is 5.71. The smallest absolute Gasteiger partial charge is 0.341 e. The Bertz CT molecular complexity index is 755. The van der Waals surface area contributed by atoms with E-state index in [1.165, 1.54) is 0 Å². The van der Waals surface area contributed by atoms with Gasteiger partial charge in [0.2, 0.25) is 6.10 Å². The molecule has 1 fully saturated rings. The molecule has 1 heterocycles. The van der Waals surface area contributed by atoms with E-state index in [9.17, 15) is 9.59 Å². The molecule has 0 spiro atoms. The highest BCUT2D eigenvalue weighted by molar-refractivity contribution is 5.97. The molecule has 0 aromatic heterocycles. The predicted octanol–water partition coefficient (Wildman–Crippen LogP) is 3.64. The van der Waals surface area contributed by atoms with Crippen LogP contribution in [-0.4, -0.2) is 36.9 Å². The zero-order valence-electron chi connectivity index (χ0n) is 15.0. The third-order valence-electron chi connectivity index (χ3n) is 4.64. The van der Waals surface area contributed by atoms with Crippen molar-refractivity contribution in [1.29, 1.82) is 0 Å². The summed E-state index contributed by atoms with van der Waals surface area (Å²) in [7, 11) is 1.75. The van der Waals surface area contributed by atoms with E-state index in [-0.39, 0.29) is 5.91 Å². The molecule has 5 heteroatoms. The lowest BCUT2D eigenvalue weighted by Crippen LogP contribution is -2.40. The zero-order chi connectivity index (χ0) is 18.4. The van der Waals surface area contributed by atoms with Crippen molar-refractivity contribution in [2.45, 2.75) is 25.4 Å². The van der Waals surface area contributed by atoms with E-state index in [0.29, 0.717) is 29.9 Å². The molecule has 1 N–H and O–H groups in total. The highest BCUT2D eigenvalue weighted by atomic mass is 16.5. The van der Waals surface area contributed by atoms with Gasteiger partial charge in [0.25, 0.3) is 5.91 Å². The Kier molecular flexibility index (Phi) is 5.89. The summed E-state index contributed by atoms with van der Waals surface area (Å²) in [4.78, 5) is 27.6. The SMILES string of the molecule is CNc1ccccc1C(=O)O[C@@H](C(=O)N1CCCCC1)c1ccccc1. The van der Waals surface area contributed by atoms with E-state index in [1.54, 1.807) is 30.1 Å². The van der Waals surface area contributed by atoms with Gasteiger partial charge < -0.3 is 15.0 Å². The van der Waals surface area contributed by atoms with E-state index >= 15 is 0 Å². The van der Waals surface area contributed by atoms with Gasteiger partial charge >= 0.3 is 5.97 Å². The maximum atomic E-state index is 13.1. The van der Waals surface area contributed by atoms with Crippen LogP contribution in [0.3, 0.4) is 0 Å². The molecule has 1 aliphatic rings. The van der Waals surface area contributed by atoms with Gasteiger partial charge in [-0.15, -0.1) is 0 Å². The first-order chi connectivity index (χ1) is 12.7. The molecular formula is C21H24N2O3. The number of para-hydroxylation sites is 1. The van der Waals surface area contributed by atoms with Crippen molar-refractivity contribution in [3.05, 3.63) is 65.7 Å². The van der Waals surface area contributed by atoms with Crippen molar-refractivity contribution in [2.24, 2.45) is 0 Å². The van der Waals surface area contributed by atoms with Crippen molar-refractivity contribution in [3.63, 3.8) is 0 Å². The van der Waals surface area contributed by atoms with Gasteiger partial charge in [-0.25, -0.2) is 4.79 Å². The van der Waals surface area contributed by atoms with E-state index in [0.717, 1.165) is 19.3 Å². The van der Waals surface area contributed by atoms with Crippen LogP contribution in [0.1, 0.15) is 41.3 Å². The van der Waals surface area contributed by atoms with Gasteiger partial charge in [-0.2, -0.15) is 0 Å². The third-order valence-corrected chi connectivity index (χ3v) is 4.64. The largest absolute Gasteiger partial charge is 0.444 e. The van der Waals surface area contributed by atoms with Crippen LogP contribution < -0.4 is 5.32 Å². The van der Waals surface area contributed by atoms with E-state index in [4.69, 9.17) is 4.74 Å². The topological polar surface area (TPSA) is 58.6 Å². The normalized spacial score (nSPS) is 15.2. The monoisotopic (exact) mass is 352 g/mol. The second kappa shape index (κ2) is 8.52. The summed E-state index contributed by atoms with van der Waals surface area (Å²) in [5.74, 6) is -0.652. The standard InChI is InChI=1S/C21H24N2O3/c1-22-18-13-7-6-12-17(18)21(25)26-19(16-10-4-2-5-11-16)20(24)23-14-8-3-9-15-23/h2,4-7,10-13,19,22H,3,8-9,14-15H2,1H3/t19-/m1/s1. The molecule has 136 valence electrons. The first kappa shape index (κ1) is 18.0. The number of nitrogens with zero attached hydrogens (tertiary/aromatic N) is 1. The van der Waals surface area contributed by atoms with Crippen molar-refractivity contribution < 1.29 is 14.3 Å². The number of likely N-dealkylation sites (tertiary alicyclic amines) is 1. The molecule has 26 heavy (non-hydrogen) atoms. The highest BCUT2D eigenvalue weighted by Gasteiger charge is 2.31. The molecule has 0 bridgehead atoms. The molecule has 2 aromatic rings. The Morgan fingerprint density at radius 3 is 2.31 bits per heavy atom. The average Bonchev–Trinajstić information content (AvgIpc) is 2.72. The quantitative estimate of drug-likeness (QED) is 0.835. The lowest BCUT2D eigenvalue weighted by atomic mass is 10.1. The van der Waals surface area contributed by atoms with Gasteiger partial charge in [0, 0.05) is 31.4 Å². The molecule has 5 nitrogen and oxygen atoms in total. The van der Waals surface area contributed by atoms with Crippen LogP contribution in [0, 0.1) is 0 Å². The van der Waals surface area contributed by atoms with E-state index in [2.05, 4.69) is 5.32 Å². The minimum absolute atomic E-state index is 0.147. The summed E-state index contributed by atoms with van der Waals surface area (Å²) in [6.07, 6.45) is 2.19. The number of rotatable bonds is 5. The maximum absolute atomic E-state index is 13.1. The van der Waals surface area contributed by atoms with Crippen LogP contribution in [0.25, 0.3) is 0 Å². The van der Waals surface area contributed by atoms with Crippen molar-refractivity contribution in [1.82, 2.24) is 4.90 Å².